The molecule has 4 aromatic rings. The lowest BCUT2D eigenvalue weighted by Crippen LogP contribution is -2.34. The molecular weight excluding hydrogens is 442 g/mol. The Labute approximate surface area is 203 Å². The summed E-state index contributed by atoms with van der Waals surface area (Å²) in [7, 11) is 0. The molecule has 1 aromatic heterocycles. The van der Waals surface area contributed by atoms with E-state index in [9.17, 15) is 9.90 Å². The van der Waals surface area contributed by atoms with Crippen LogP contribution in [0.2, 0.25) is 0 Å². The number of carboxylic acid groups (broad SMARTS) is 1. The average Bonchev–Trinajstić information content (AvgIpc) is 3.21. The fourth-order valence-corrected chi connectivity index (χ4v) is 4.90. The molecule has 0 spiro atoms. The van der Waals surface area contributed by atoms with Crippen LogP contribution in [0.5, 0.6) is 5.75 Å². The van der Waals surface area contributed by atoms with Crippen molar-refractivity contribution in [3.8, 4) is 11.4 Å². The lowest BCUT2D eigenvalue weighted by Gasteiger charge is -2.24. The van der Waals surface area contributed by atoms with E-state index < -0.39 is 5.97 Å². The van der Waals surface area contributed by atoms with Crippen LogP contribution in [0.15, 0.2) is 48.5 Å². The van der Waals surface area contributed by atoms with Gasteiger partial charge in [-0.25, -0.2) is 4.98 Å². The van der Waals surface area contributed by atoms with Gasteiger partial charge in [-0.15, -0.1) is 0 Å². The molecule has 5 N–H and O–H groups in total. The molecule has 0 radical (unpaired) electrons. The van der Waals surface area contributed by atoms with Crippen molar-refractivity contribution < 1.29 is 14.6 Å². The first-order valence-electron chi connectivity index (χ1n) is 11.9. The van der Waals surface area contributed by atoms with Crippen molar-refractivity contribution >= 4 is 33.6 Å². The maximum Gasteiger partial charge on any atom is 0.303 e. The Morgan fingerprint density at radius 2 is 1.94 bits per heavy atom. The number of carbonyl (C=O) groups is 1. The number of aromatic nitrogens is 2. The molecule has 5 rings (SSSR count). The number of piperidine rings is 1. The highest BCUT2D eigenvalue weighted by atomic mass is 16.5. The Morgan fingerprint density at radius 3 is 2.66 bits per heavy atom. The van der Waals surface area contributed by atoms with E-state index in [0.717, 1.165) is 64.7 Å². The van der Waals surface area contributed by atoms with Gasteiger partial charge in [-0.3, -0.25) is 14.8 Å². The number of aryl methyl sites for hydroxylation is 2. The lowest BCUT2D eigenvalue weighted by molar-refractivity contribution is -0.137. The van der Waals surface area contributed by atoms with Gasteiger partial charge < -0.3 is 20.9 Å². The molecule has 0 saturated carbocycles. The van der Waals surface area contributed by atoms with Gasteiger partial charge in [0.25, 0.3) is 0 Å². The maximum atomic E-state index is 11.4. The smallest absolute Gasteiger partial charge is 0.303 e. The fraction of sp³-hybridized carbons (Fsp3) is 0.296. The van der Waals surface area contributed by atoms with Gasteiger partial charge in [0, 0.05) is 23.4 Å². The minimum Gasteiger partial charge on any atom is -0.490 e. The maximum absolute atomic E-state index is 11.4. The second-order valence-electron chi connectivity index (χ2n) is 9.02. The molecule has 0 atom stereocenters. The quantitative estimate of drug-likeness (QED) is 0.239. The molecule has 0 bridgehead atoms. The predicted molar refractivity (Wildman–Crippen MR) is 137 cm³/mol. The van der Waals surface area contributed by atoms with Crippen molar-refractivity contribution in [3.63, 3.8) is 0 Å². The van der Waals surface area contributed by atoms with Crippen molar-refractivity contribution in [3.05, 3.63) is 65.5 Å². The number of imidazole rings is 1. The molecule has 1 aliphatic heterocycles. The number of ether oxygens (including phenoxy) is 1. The summed E-state index contributed by atoms with van der Waals surface area (Å²) in [5.74, 6) is 0.595. The third-order valence-electron chi connectivity index (χ3n) is 6.58. The van der Waals surface area contributed by atoms with E-state index in [1.807, 2.05) is 60.0 Å². The summed E-state index contributed by atoms with van der Waals surface area (Å²) in [5.41, 5.74) is 10.1. The first-order valence-corrected chi connectivity index (χ1v) is 11.9. The summed E-state index contributed by atoms with van der Waals surface area (Å²) >= 11 is 0. The Bertz CT molecular complexity index is 1440. The topological polar surface area (TPSA) is 126 Å². The molecule has 1 saturated heterocycles. The van der Waals surface area contributed by atoms with Crippen LogP contribution in [0.25, 0.3) is 27.5 Å². The monoisotopic (exact) mass is 471 g/mol. The van der Waals surface area contributed by atoms with E-state index in [1.54, 1.807) is 0 Å². The molecule has 1 fully saturated rings. The zero-order valence-electron chi connectivity index (χ0n) is 19.7. The van der Waals surface area contributed by atoms with Crippen LogP contribution in [0, 0.1) is 12.3 Å². The number of nitrogen functional groups attached to an aromatic ring is 1. The highest BCUT2D eigenvalue weighted by molar-refractivity contribution is 6.10. The summed E-state index contributed by atoms with van der Waals surface area (Å²) < 4.78 is 8.40. The molecule has 35 heavy (non-hydrogen) atoms. The van der Waals surface area contributed by atoms with Crippen molar-refractivity contribution in [1.29, 1.82) is 5.41 Å². The molecule has 0 unspecified atom stereocenters. The number of hydrogen-bond donors (Lipinski definition) is 4. The van der Waals surface area contributed by atoms with Gasteiger partial charge in [-0.1, -0.05) is 24.3 Å². The van der Waals surface area contributed by atoms with Crippen LogP contribution in [-0.2, 0) is 11.2 Å². The van der Waals surface area contributed by atoms with E-state index in [1.165, 1.54) is 0 Å². The largest absolute Gasteiger partial charge is 0.490 e. The number of carboxylic acids is 1. The molecular formula is C27H29N5O3. The summed E-state index contributed by atoms with van der Waals surface area (Å²) in [6.07, 6.45) is 2.34. The van der Waals surface area contributed by atoms with Gasteiger partial charge in [-0.05, 0) is 62.0 Å². The average molecular weight is 472 g/mol. The SMILES string of the molecule is Cc1cc(OC2CCNCC2)cc2c1nc(CCC(=O)O)n2-c1ccc(C(=N)N)c2ccccc12. The number of aliphatic carboxylic acids is 1. The Hall–Kier alpha value is -3.91. The van der Waals surface area contributed by atoms with Crippen molar-refractivity contribution in [1.82, 2.24) is 14.9 Å². The van der Waals surface area contributed by atoms with Crippen molar-refractivity contribution in [2.45, 2.75) is 38.7 Å². The Morgan fingerprint density at radius 1 is 1.20 bits per heavy atom. The van der Waals surface area contributed by atoms with E-state index in [4.69, 9.17) is 20.9 Å². The zero-order chi connectivity index (χ0) is 24.5. The predicted octanol–water partition coefficient (Wildman–Crippen LogP) is 3.92. The number of fused-ring (bicyclic) bond motifs is 2. The number of rotatable bonds is 7. The van der Waals surface area contributed by atoms with E-state index >= 15 is 0 Å². The van der Waals surface area contributed by atoms with E-state index in [2.05, 4.69) is 5.32 Å². The van der Waals surface area contributed by atoms with E-state index in [-0.39, 0.29) is 24.8 Å². The van der Waals surface area contributed by atoms with Crippen LogP contribution < -0.4 is 15.8 Å². The normalized spacial score (nSPS) is 14.4. The molecule has 8 heteroatoms. The number of amidine groups is 1. The van der Waals surface area contributed by atoms with Crippen LogP contribution >= 0.6 is 0 Å². The van der Waals surface area contributed by atoms with Crippen LogP contribution in [0.3, 0.4) is 0 Å². The number of nitrogens with one attached hydrogen (secondary N) is 2. The Kier molecular flexibility index (Phi) is 6.13. The first-order chi connectivity index (χ1) is 16.9. The zero-order valence-corrected chi connectivity index (χ0v) is 19.7. The van der Waals surface area contributed by atoms with Crippen LogP contribution in [-0.4, -0.2) is 45.7 Å². The number of benzene rings is 3. The van der Waals surface area contributed by atoms with Crippen LogP contribution in [0.1, 0.15) is 36.2 Å². The van der Waals surface area contributed by atoms with Crippen molar-refractivity contribution in [2.24, 2.45) is 5.73 Å². The molecule has 180 valence electrons. The molecule has 0 aliphatic carbocycles. The second kappa shape index (κ2) is 9.38. The molecule has 0 amide bonds. The Balaban J connectivity index is 1.72. The van der Waals surface area contributed by atoms with Gasteiger partial charge >= 0.3 is 5.97 Å². The van der Waals surface area contributed by atoms with Gasteiger partial charge in [0.1, 0.15) is 23.5 Å². The van der Waals surface area contributed by atoms with Crippen LogP contribution in [0.4, 0.5) is 0 Å². The molecule has 1 aliphatic rings. The standard InChI is InChI=1S/C27H29N5O3/c1-16-14-18(35-17-10-12-30-13-11-17)15-23-26(16)31-24(8-9-25(33)34)32(23)22-7-6-21(27(28)29)19-4-2-3-5-20(19)22/h2-7,14-15,17,30H,8-13H2,1H3,(H3,28,29)(H,33,34). The minimum absolute atomic E-state index is 0.00263. The van der Waals surface area contributed by atoms with Gasteiger partial charge in [0.15, 0.2) is 0 Å². The highest BCUT2D eigenvalue weighted by Gasteiger charge is 2.21. The summed E-state index contributed by atoms with van der Waals surface area (Å²) in [5, 5.41) is 22.5. The minimum atomic E-state index is -0.868. The van der Waals surface area contributed by atoms with Gasteiger partial charge in [0.2, 0.25) is 0 Å². The first kappa shape index (κ1) is 22.9. The third kappa shape index (κ3) is 4.44. The second-order valence-corrected chi connectivity index (χ2v) is 9.02. The van der Waals surface area contributed by atoms with Gasteiger partial charge in [-0.2, -0.15) is 0 Å². The molecule has 2 heterocycles. The van der Waals surface area contributed by atoms with Gasteiger partial charge in [0.05, 0.1) is 23.1 Å². The summed E-state index contributed by atoms with van der Waals surface area (Å²) in [6.45, 7) is 3.89. The molecule has 8 nitrogen and oxygen atoms in total. The molecule has 3 aromatic carbocycles. The number of nitrogens with two attached hydrogens (primary N) is 1. The van der Waals surface area contributed by atoms with E-state index in [0.29, 0.717) is 11.4 Å². The van der Waals surface area contributed by atoms with Crippen molar-refractivity contribution in [2.75, 3.05) is 13.1 Å². The number of hydrogen-bond acceptors (Lipinski definition) is 5. The fourth-order valence-electron chi connectivity index (χ4n) is 4.90. The summed E-state index contributed by atoms with van der Waals surface area (Å²) in [6, 6.07) is 15.6. The third-order valence-corrected chi connectivity index (χ3v) is 6.58. The highest BCUT2D eigenvalue weighted by Crippen LogP contribution is 2.33. The lowest BCUT2D eigenvalue weighted by atomic mass is 10.0. The summed E-state index contributed by atoms with van der Waals surface area (Å²) in [4.78, 5) is 16.3. The number of nitrogens with zero attached hydrogens (tertiary/aromatic N) is 2.